The summed E-state index contributed by atoms with van der Waals surface area (Å²) in [4.78, 5) is 12.9. The Morgan fingerprint density at radius 3 is 2.42 bits per heavy atom. The molecule has 26 heavy (non-hydrogen) atoms. The number of alkyl halides is 1. The number of hydrogen-bond acceptors (Lipinski definition) is 2. The summed E-state index contributed by atoms with van der Waals surface area (Å²) < 4.78 is 14.9. The Hall–Kier alpha value is -1.000. The second-order valence-corrected chi connectivity index (χ2v) is 9.23. The summed E-state index contributed by atoms with van der Waals surface area (Å²) in [6, 6.07) is 2.54. The second-order valence-electron chi connectivity index (χ2n) is 8.44. The van der Waals surface area contributed by atoms with Crippen LogP contribution in [0.25, 0.3) is 0 Å². The van der Waals surface area contributed by atoms with Crippen molar-refractivity contribution < 1.29 is 14.3 Å². The number of hydrogen-bond donors (Lipinski definition) is 2. The molecule has 1 aromatic rings. The highest BCUT2D eigenvalue weighted by Crippen LogP contribution is 2.64. The molecule has 2 N–H and O–H groups in total. The van der Waals surface area contributed by atoms with Gasteiger partial charge in [0.15, 0.2) is 0 Å². The molecule has 0 spiro atoms. The van der Waals surface area contributed by atoms with Gasteiger partial charge in [0.05, 0.1) is 16.1 Å². The topological polar surface area (TPSA) is 49.3 Å². The van der Waals surface area contributed by atoms with E-state index in [1.54, 1.807) is 6.07 Å². The molecule has 142 valence electrons. The molecule has 6 heteroatoms. The quantitative estimate of drug-likeness (QED) is 0.679. The van der Waals surface area contributed by atoms with Gasteiger partial charge in [0.1, 0.15) is 11.4 Å². The van der Waals surface area contributed by atoms with Crippen LogP contribution in [0.15, 0.2) is 12.1 Å². The molecule has 3 aliphatic carbocycles. The summed E-state index contributed by atoms with van der Waals surface area (Å²) in [6.07, 6.45) is 6.82. The Kier molecular flexibility index (Phi) is 4.63. The van der Waals surface area contributed by atoms with Gasteiger partial charge in [-0.2, -0.15) is 0 Å². The summed E-state index contributed by atoms with van der Waals surface area (Å²) in [5.74, 6) is 0.0347. The predicted octanol–water partition coefficient (Wildman–Crippen LogP) is 5.72. The highest BCUT2D eigenvalue weighted by molar-refractivity contribution is 6.42. The smallest absolute Gasteiger partial charge is 0.223 e. The van der Waals surface area contributed by atoms with Crippen LogP contribution in [0, 0.1) is 11.3 Å². The number of halogens is 3. The number of amides is 1. The number of rotatable bonds is 4. The van der Waals surface area contributed by atoms with Gasteiger partial charge in [0.2, 0.25) is 5.91 Å². The number of fused-ring (bicyclic) bond motifs is 2. The molecule has 0 unspecified atom stereocenters. The fraction of sp³-hybridized carbons (Fsp3) is 0.650. The lowest BCUT2D eigenvalue weighted by molar-refractivity contribution is -0.126. The van der Waals surface area contributed by atoms with E-state index in [1.807, 2.05) is 0 Å². The Morgan fingerprint density at radius 1 is 1.19 bits per heavy atom. The van der Waals surface area contributed by atoms with E-state index in [0.717, 1.165) is 25.7 Å². The highest BCUT2D eigenvalue weighted by atomic mass is 35.5. The summed E-state index contributed by atoms with van der Waals surface area (Å²) in [7, 11) is 0. The van der Waals surface area contributed by atoms with Crippen molar-refractivity contribution in [3.63, 3.8) is 0 Å². The van der Waals surface area contributed by atoms with E-state index < -0.39 is 11.7 Å². The van der Waals surface area contributed by atoms with E-state index in [1.165, 1.54) is 6.07 Å². The van der Waals surface area contributed by atoms with Crippen LogP contribution in [0.5, 0.6) is 5.75 Å². The van der Waals surface area contributed by atoms with Crippen molar-refractivity contribution in [2.75, 3.05) is 0 Å². The van der Waals surface area contributed by atoms with Crippen LogP contribution in [0.2, 0.25) is 10.0 Å². The zero-order valence-electron chi connectivity index (χ0n) is 14.7. The maximum absolute atomic E-state index is 14.9. The van der Waals surface area contributed by atoms with Gasteiger partial charge in [-0.1, -0.05) is 36.0 Å². The van der Waals surface area contributed by atoms with Crippen LogP contribution in [0.1, 0.15) is 69.4 Å². The first kappa shape index (κ1) is 18.4. The Balaban J connectivity index is 1.72. The lowest BCUT2D eigenvalue weighted by atomic mass is 9.74. The molecule has 3 aliphatic rings. The maximum atomic E-state index is 14.9. The van der Waals surface area contributed by atoms with Gasteiger partial charge in [-0.15, -0.1) is 0 Å². The monoisotopic (exact) mass is 399 g/mol. The summed E-state index contributed by atoms with van der Waals surface area (Å²) in [5, 5.41) is 13.8. The highest BCUT2D eigenvalue weighted by Gasteiger charge is 2.59. The summed E-state index contributed by atoms with van der Waals surface area (Å²) >= 11 is 12.6. The van der Waals surface area contributed by atoms with Crippen LogP contribution in [0.3, 0.4) is 0 Å². The molecule has 1 amide bonds. The first-order chi connectivity index (χ1) is 12.3. The van der Waals surface area contributed by atoms with Gasteiger partial charge in [-0.3, -0.25) is 4.79 Å². The second kappa shape index (κ2) is 6.56. The molecule has 0 saturated heterocycles. The Morgan fingerprint density at radius 2 is 1.85 bits per heavy atom. The molecule has 0 aromatic heterocycles. The standard InChI is InChI=1S/C20H24Cl2FNO2/c21-15-10-13(25)9-14(16(15)22)17(24-18(26)12-3-1-2-4-12)19-5-7-20(23,11-19)8-6-19/h9-10,12,17,25H,1-8,11H2,(H,24,26)/t17-,19?,20?/m1/s1. The molecule has 0 radical (unpaired) electrons. The van der Waals surface area contributed by atoms with E-state index in [-0.39, 0.29) is 28.0 Å². The van der Waals surface area contributed by atoms with Gasteiger partial charge >= 0.3 is 0 Å². The molecule has 3 fully saturated rings. The van der Waals surface area contributed by atoms with Crippen LogP contribution in [-0.2, 0) is 4.79 Å². The summed E-state index contributed by atoms with van der Waals surface area (Å²) in [5.41, 5.74) is -0.887. The number of carbonyl (C=O) groups is 1. The van der Waals surface area contributed by atoms with Crippen LogP contribution >= 0.6 is 23.2 Å². The van der Waals surface area contributed by atoms with Crippen LogP contribution in [-0.4, -0.2) is 16.7 Å². The predicted molar refractivity (Wildman–Crippen MR) is 100 cm³/mol. The first-order valence-corrected chi connectivity index (χ1v) is 10.2. The Labute approximate surface area is 163 Å². The average molecular weight is 400 g/mol. The third kappa shape index (κ3) is 3.09. The molecule has 3 saturated carbocycles. The molecule has 0 aliphatic heterocycles. The summed E-state index contributed by atoms with van der Waals surface area (Å²) in [6.45, 7) is 0. The fourth-order valence-electron chi connectivity index (χ4n) is 5.39. The van der Waals surface area contributed by atoms with E-state index in [4.69, 9.17) is 23.2 Å². The number of aromatic hydroxyl groups is 1. The largest absolute Gasteiger partial charge is 0.508 e. The third-order valence-corrected chi connectivity index (χ3v) is 7.60. The van der Waals surface area contributed by atoms with Crippen molar-refractivity contribution in [2.45, 2.75) is 69.5 Å². The molecular weight excluding hydrogens is 376 g/mol. The average Bonchev–Trinajstić information content (AvgIpc) is 3.30. The van der Waals surface area contributed by atoms with Crippen molar-refractivity contribution in [1.82, 2.24) is 5.32 Å². The maximum Gasteiger partial charge on any atom is 0.223 e. The van der Waals surface area contributed by atoms with Gasteiger partial charge in [0.25, 0.3) is 0 Å². The van der Waals surface area contributed by atoms with Gasteiger partial charge in [0, 0.05) is 12.0 Å². The molecule has 4 rings (SSSR count). The normalized spacial score (nSPS) is 32.1. The number of phenols is 1. The van der Waals surface area contributed by atoms with Gasteiger partial charge in [-0.05, 0) is 62.0 Å². The molecule has 0 heterocycles. The third-order valence-electron chi connectivity index (χ3n) is 6.79. The number of carbonyl (C=O) groups excluding carboxylic acids is 1. The lowest BCUT2D eigenvalue weighted by Crippen LogP contribution is -2.41. The molecule has 2 bridgehead atoms. The van der Waals surface area contributed by atoms with Crippen molar-refractivity contribution in [3.8, 4) is 5.75 Å². The van der Waals surface area contributed by atoms with Crippen molar-refractivity contribution >= 4 is 29.1 Å². The van der Waals surface area contributed by atoms with Gasteiger partial charge < -0.3 is 10.4 Å². The van der Waals surface area contributed by atoms with Crippen LogP contribution in [0.4, 0.5) is 4.39 Å². The van der Waals surface area contributed by atoms with E-state index in [9.17, 15) is 14.3 Å². The van der Waals surface area contributed by atoms with Crippen LogP contribution < -0.4 is 5.32 Å². The molecular formula is C20H24Cl2FNO2. The molecule has 1 aromatic carbocycles. The minimum atomic E-state index is -1.14. The van der Waals surface area contributed by atoms with Crippen molar-refractivity contribution in [2.24, 2.45) is 11.3 Å². The van der Waals surface area contributed by atoms with E-state index in [2.05, 4.69) is 5.32 Å². The van der Waals surface area contributed by atoms with E-state index in [0.29, 0.717) is 42.7 Å². The van der Waals surface area contributed by atoms with Crippen molar-refractivity contribution in [1.29, 1.82) is 0 Å². The molecule has 1 atom stereocenters. The number of phenolic OH excluding ortho intramolecular Hbond substituents is 1. The van der Waals surface area contributed by atoms with E-state index >= 15 is 0 Å². The zero-order valence-corrected chi connectivity index (χ0v) is 16.2. The molecule has 3 nitrogen and oxygen atoms in total. The fourth-order valence-corrected chi connectivity index (χ4v) is 5.82. The zero-order chi connectivity index (χ0) is 18.5. The SMILES string of the molecule is O=C(N[C@H](c1cc(O)cc(Cl)c1Cl)C12CCC(F)(CC1)C2)C1CCCC1. The van der Waals surface area contributed by atoms with Crippen molar-refractivity contribution in [3.05, 3.63) is 27.7 Å². The first-order valence-electron chi connectivity index (χ1n) is 9.49. The minimum Gasteiger partial charge on any atom is -0.508 e. The lowest BCUT2D eigenvalue weighted by Gasteiger charge is -2.37. The number of benzene rings is 1. The van der Waals surface area contributed by atoms with Gasteiger partial charge in [-0.25, -0.2) is 4.39 Å². The number of nitrogens with one attached hydrogen (secondary N) is 1. The minimum absolute atomic E-state index is 0.00780. The Bertz CT molecular complexity index is 725.